The molecule has 0 saturated carbocycles. The predicted octanol–water partition coefficient (Wildman–Crippen LogP) is 9.96. The third-order valence-corrected chi connectivity index (χ3v) is 19.9. The second kappa shape index (κ2) is 18.0. The number of halogens is 14. The minimum absolute atomic E-state index is 0. The number of hydrogen-bond donors (Lipinski definition) is 0. The maximum absolute atomic E-state index is 14.8. The van der Waals surface area contributed by atoms with Gasteiger partial charge in [0.15, 0.2) is 0 Å². The summed E-state index contributed by atoms with van der Waals surface area (Å²) in [6.45, 7) is 24.2. The molecular weight excluding hydrogens is 1000 g/mol. The zero-order valence-corrected chi connectivity index (χ0v) is 42.6. The molecule has 2 aliphatic rings. The molecule has 0 aromatic heterocycles. The number of hydrogen-bond acceptors (Lipinski definition) is 0. The van der Waals surface area contributed by atoms with Crippen LogP contribution in [0.25, 0.3) is 11.1 Å². The normalized spacial score (nSPS) is 14.7. The van der Waals surface area contributed by atoms with E-state index in [9.17, 15) is 52.7 Å². The molecule has 6 rings (SSSR count). The van der Waals surface area contributed by atoms with E-state index in [-0.39, 0.29) is 57.4 Å². The van der Waals surface area contributed by atoms with E-state index in [4.69, 9.17) is 0 Å². The van der Waals surface area contributed by atoms with Gasteiger partial charge in [0.1, 0.15) is 0 Å². The molecule has 0 heterocycles. The van der Waals surface area contributed by atoms with Crippen LogP contribution in [0.1, 0.15) is 150 Å². The summed E-state index contributed by atoms with van der Waals surface area (Å²) < 4.78 is 177. The van der Waals surface area contributed by atoms with E-state index in [2.05, 4.69) is 59.7 Å². The van der Waals surface area contributed by atoms with E-state index in [1.165, 1.54) is 0 Å². The second-order valence-corrected chi connectivity index (χ2v) is 27.2. The molecule has 0 saturated heterocycles. The fourth-order valence-corrected chi connectivity index (χ4v) is 18.3. The molecule has 0 radical (unpaired) electrons. The second-order valence-electron chi connectivity index (χ2n) is 21.1. The summed E-state index contributed by atoms with van der Waals surface area (Å²) in [4.78, 5) is 0. The van der Waals surface area contributed by atoms with Crippen LogP contribution in [-0.4, -0.2) is 3.21 Å². The first-order valence-electron chi connectivity index (χ1n) is 20.9. The Kier molecular flexibility index (Phi) is 15.1. The Morgan fingerprint density at radius 1 is 0.439 bits per heavy atom. The Labute approximate surface area is 399 Å². The van der Waals surface area contributed by atoms with E-state index in [1.807, 2.05) is 41.5 Å². The van der Waals surface area contributed by atoms with Crippen LogP contribution in [0.15, 0.2) is 78.9 Å². The largest absolute Gasteiger partial charge is 1.00 e. The molecule has 4 aromatic rings. The van der Waals surface area contributed by atoms with E-state index >= 15 is 0 Å². The van der Waals surface area contributed by atoms with Crippen molar-refractivity contribution < 1.29 is 98.8 Å². The Morgan fingerprint density at radius 2 is 0.788 bits per heavy atom. The first-order valence-corrected chi connectivity index (χ1v) is 24.8. The van der Waals surface area contributed by atoms with Gasteiger partial charge in [0.25, 0.3) is 0 Å². The first-order chi connectivity index (χ1) is 28.8. The molecular formula is C51H52Cl2F12Zr. The van der Waals surface area contributed by atoms with Crippen LogP contribution in [-0.2, 0) is 74.1 Å². The maximum atomic E-state index is 14.8. The third-order valence-electron chi connectivity index (χ3n) is 11.9. The molecule has 0 nitrogen and oxygen atoms in total. The summed E-state index contributed by atoms with van der Waals surface area (Å²) in [6, 6.07) is 8.01. The van der Waals surface area contributed by atoms with Crippen molar-refractivity contribution in [1.82, 2.24) is 0 Å². The van der Waals surface area contributed by atoms with Crippen molar-refractivity contribution in [3.05, 3.63) is 146 Å². The molecule has 66 heavy (non-hydrogen) atoms. The molecule has 2 aliphatic carbocycles. The van der Waals surface area contributed by atoms with Gasteiger partial charge in [0.2, 0.25) is 0 Å². The van der Waals surface area contributed by atoms with Gasteiger partial charge in [-0.3, -0.25) is 0 Å². The van der Waals surface area contributed by atoms with Crippen molar-refractivity contribution in [1.29, 1.82) is 0 Å². The fourth-order valence-electron chi connectivity index (χ4n) is 9.05. The van der Waals surface area contributed by atoms with Crippen molar-refractivity contribution in [2.75, 3.05) is 0 Å². The SMILES string of the molecule is CC(C)(C)c1cc2c(cc1C(C)(C)C)-c1cc(C(C)(C)C)c(C(C)(C)C)[c]([Zr+2](=[C](c3cc(C(F)(F)F)cc(C(F)(F)F)c3)c3cc(C(F)(F)F)cc(C(F)(F)F)c3)[CH]3C=CC=C3)c1C2.[Cl-].[Cl-]. The summed E-state index contributed by atoms with van der Waals surface area (Å²) >= 11 is -4.71. The zero-order chi connectivity index (χ0) is 48.3. The van der Waals surface area contributed by atoms with Crippen LogP contribution in [0.2, 0.25) is 3.63 Å². The van der Waals surface area contributed by atoms with Gasteiger partial charge >= 0.3 is 377 Å². The molecule has 0 N–H and O–H groups in total. The quantitative estimate of drug-likeness (QED) is 0.158. The molecule has 0 atom stereocenters. The summed E-state index contributed by atoms with van der Waals surface area (Å²) in [7, 11) is 0. The maximum Gasteiger partial charge on any atom is -1.00 e. The van der Waals surface area contributed by atoms with Crippen molar-refractivity contribution in [3.8, 4) is 11.1 Å². The average molecular weight is 1060 g/mol. The van der Waals surface area contributed by atoms with Crippen LogP contribution in [0.4, 0.5) is 52.7 Å². The van der Waals surface area contributed by atoms with Crippen molar-refractivity contribution in [3.63, 3.8) is 0 Å². The zero-order valence-electron chi connectivity index (χ0n) is 38.6. The molecule has 15 heteroatoms. The Bertz CT molecular complexity index is 2460. The van der Waals surface area contributed by atoms with Gasteiger partial charge < -0.3 is 24.8 Å². The summed E-state index contributed by atoms with van der Waals surface area (Å²) in [5.41, 5.74) is -3.57. The topological polar surface area (TPSA) is 0 Å². The Hall–Kier alpha value is -3.15. The van der Waals surface area contributed by atoms with Gasteiger partial charge in [-0.2, -0.15) is 0 Å². The number of rotatable bonds is 4. The Morgan fingerprint density at radius 3 is 1.12 bits per heavy atom. The Balaban J connectivity index is 0.00000476. The third kappa shape index (κ3) is 11.1. The van der Waals surface area contributed by atoms with Gasteiger partial charge in [-0.15, -0.1) is 0 Å². The summed E-state index contributed by atoms with van der Waals surface area (Å²) in [5, 5.41) is 0. The van der Waals surface area contributed by atoms with Gasteiger partial charge in [0.05, 0.1) is 0 Å². The average Bonchev–Trinajstić information content (AvgIpc) is 3.77. The van der Waals surface area contributed by atoms with E-state index in [1.54, 1.807) is 24.3 Å². The van der Waals surface area contributed by atoms with Crippen molar-refractivity contribution in [2.45, 2.75) is 139 Å². The van der Waals surface area contributed by atoms with Gasteiger partial charge in [-0.1, -0.05) is 0 Å². The first kappa shape index (κ1) is 55.4. The molecule has 0 aliphatic heterocycles. The minimum Gasteiger partial charge on any atom is -1.00 e. The van der Waals surface area contributed by atoms with Crippen molar-refractivity contribution in [2.24, 2.45) is 0 Å². The minimum atomic E-state index is -5.37. The van der Waals surface area contributed by atoms with E-state index < -0.39 is 93.8 Å². The summed E-state index contributed by atoms with van der Waals surface area (Å²) in [5.74, 6) is 0. The molecule has 0 unspecified atom stereocenters. The molecule has 0 spiro atoms. The van der Waals surface area contributed by atoms with Crippen LogP contribution in [0, 0.1) is 0 Å². The number of fused-ring (bicyclic) bond motifs is 3. The fraction of sp³-hybridized carbons (Fsp3) is 0.431. The van der Waals surface area contributed by atoms with Crippen LogP contribution < -0.4 is 28.1 Å². The monoisotopic (exact) mass is 1050 g/mol. The standard InChI is InChI=1S/C29H41.C17H6F12.C5H5.2ClH.Zr/c1-26(2,3)22-14-18-13-19-15-23(27(4,5)6)25(29(10,11)12)17-21(19)20(18)16-24(22)28(7,8)9;18-14(19,20)10-2-8(3-11(6-10)15(21,22)23)1-9-4-12(16(24,25)26)7-13(5-9)17(27,28)29;1-2-4-5-3-1;;;/h14,16-17H,13H2,1-12H3;2-7H;1-5H;2*1H;/q;;;;;+2/p-2. The molecule has 358 valence electrons. The number of alkyl halides is 12. The van der Waals surface area contributed by atoms with E-state index in [0.717, 1.165) is 44.5 Å². The molecule has 0 amide bonds. The van der Waals surface area contributed by atoms with Crippen LogP contribution >= 0.6 is 0 Å². The van der Waals surface area contributed by atoms with Gasteiger partial charge in [0, 0.05) is 0 Å². The molecule has 0 fully saturated rings. The molecule has 4 aromatic carbocycles. The van der Waals surface area contributed by atoms with Crippen molar-refractivity contribution >= 4 is 6.48 Å². The van der Waals surface area contributed by atoms with Crippen LogP contribution in [0.5, 0.6) is 0 Å². The van der Waals surface area contributed by atoms with E-state index in [0.29, 0.717) is 27.5 Å². The predicted molar refractivity (Wildman–Crippen MR) is 227 cm³/mol. The van der Waals surface area contributed by atoms with Crippen LogP contribution in [0.3, 0.4) is 0 Å². The summed E-state index contributed by atoms with van der Waals surface area (Å²) in [6.07, 6.45) is -14.5. The number of allylic oxidation sites excluding steroid dienone is 4. The van der Waals surface area contributed by atoms with Gasteiger partial charge in [-0.05, 0) is 0 Å². The van der Waals surface area contributed by atoms with Gasteiger partial charge in [-0.25, -0.2) is 0 Å². The smallest absolute Gasteiger partial charge is 1.00 e. The molecule has 0 bridgehead atoms. The number of benzene rings is 4.